The van der Waals surface area contributed by atoms with Crippen molar-refractivity contribution in [2.45, 2.75) is 26.8 Å². The molecule has 0 spiro atoms. The molecule has 0 bridgehead atoms. The molecular formula is C11H13ClN2. The monoisotopic (exact) mass is 208 g/mol. The van der Waals surface area contributed by atoms with Gasteiger partial charge < -0.3 is 4.57 Å². The van der Waals surface area contributed by atoms with E-state index < -0.39 is 0 Å². The largest absolute Gasteiger partial charge is 0.326 e. The number of rotatable bonds is 1. The van der Waals surface area contributed by atoms with Crippen molar-refractivity contribution in [2.24, 2.45) is 0 Å². The Kier molecular flexibility index (Phi) is 2.23. The Morgan fingerprint density at radius 1 is 1.36 bits per heavy atom. The summed E-state index contributed by atoms with van der Waals surface area (Å²) in [7, 11) is 0. The van der Waals surface area contributed by atoms with Crippen LogP contribution in [0.25, 0.3) is 11.0 Å². The summed E-state index contributed by atoms with van der Waals surface area (Å²) in [6.07, 6.45) is 0. The molecule has 14 heavy (non-hydrogen) atoms. The number of para-hydroxylation sites is 1. The molecule has 2 rings (SSSR count). The van der Waals surface area contributed by atoms with Crippen molar-refractivity contribution in [2.75, 3.05) is 0 Å². The van der Waals surface area contributed by atoms with Crippen molar-refractivity contribution in [3.63, 3.8) is 0 Å². The van der Waals surface area contributed by atoms with E-state index >= 15 is 0 Å². The average Bonchev–Trinajstić information content (AvgIpc) is 2.42. The van der Waals surface area contributed by atoms with E-state index in [1.54, 1.807) is 0 Å². The molecule has 0 aliphatic heterocycles. The zero-order valence-electron chi connectivity index (χ0n) is 8.58. The number of benzene rings is 1. The first-order chi connectivity index (χ1) is 6.61. The van der Waals surface area contributed by atoms with Crippen molar-refractivity contribution >= 4 is 22.6 Å². The summed E-state index contributed by atoms with van der Waals surface area (Å²) in [6, 6.07) is 6.31. The Balaban J connectivity index is 2.83. The Morgan fingerprint density at radius 2 is 2.07 bits per heavy atom. The molecule has 1 aromatic carbocycles. The molecule has 0 saturated heterocycles. The highest BCUT2D eigenvalue weighted by atomic mass is 35.5. The van der Waals surface area contributed by atoms with Crippen LogP contribution in [0.3, 0.4) is 0 Å². The van der Waals surface area contributed by atoms with Gasteiger partial charge >= 0.3 is 0 Å². The number of hydrogen-bond acceptors (Lipinski definition) is 1. The van der Waals surface area contributed by atoms with E-state index in [1.807, 2.05) is 19.1 Å². The maximum absolute atomic E-state index is 6.07. The Labute approximate surface area is 88.5 Å². The van der Waals surface area contributed by atoms with Crippen molar-refractivity contribution in [1.82, 2.24) is 9.55 Å². The second-order valence-electron chi connectivity index (χ2n) is 3.73. The van der Waals surface area contributed by atoms with E-state index in [0.29, 0.717) is 6.04 Å². The SMILES string of the molecule is Cc1nc2c(Cl)cccc2n1C(C)C. The average molecular weight is 209 g/mol. The lowest BCUT2D eigenvalue weighted by Gasteiger charge is -2.10. The molecule has 0 radical (unpaired) electrons. The molecule has 2 aromatic rings. The van der Waals surface area contributed by atoms with E-state index in [4.69, 9.17) is 11.6 Å². The lowest BCUT2D eigenvalue weighted by Crippen LogP contribution is -2.02. The Bertz CT molecular complexity index is 471. The molecule has 0 unspecified atom stereocenters. The molecule has 0 atom stereocenters. The van der Waals surface area contributed by atoms with Crippen LogP contribution in [0.5, 0.6) is 0 Å². The normalized spacial score (nSPS) is 11.5. The summed E-state index contributed by atoms with van der Waals surface area (Å²) < 4.78 is 2.20. The molecular weight excluding hydrogens is 196 g/mol. The molecule has 0 N–H and O–H groups in total. The number of aryl methyl sites for hydroxylation is 1. The maximum Gasteiger partial charge on any atom is 0.107 e. The summed E-state index contributed by atoms with van der Waals surface area (Å²) in [5.41, 5.74) is 2.02. The van der Waals surface area contributed by atoms with Gasteiger partial charge in [-0.15, -0.1) is 0 Å². The van der Waals surface area contributed by atoms with Gasteiger partial charge in [0.2, 0.25) is 0 Å². The molecule has 3 heteroatoms. The predicted molar refractivity (Wildman–Crippen MR) is 59.9 cm³/mol. The van der Waals surface area contributed by atoms with Gasteiger partial charge in [0.1, 0.15) is 11.3 Å². The predicted octanol–water partition coefficient (Wildman–Crippen LogP) is 3.58. The van der Waals surface area contributed by atoms with Gasteiger partial charge in [0.05, 0.1) is 10.5 Å². The third kappa shape index (κ3) is 1.30. The van der Waals surface area contributed by atoms with Gasteiger partial charge in [-0.3, -0.25) is 0 Å². The molecule has 2 nitrogen and oxygen atoms in total. The summed E-state index contributed by atoms with van der Waals surface area (Å²) in [5, 5.41) is 0.727. The molecule has 0 fully saturated rings. The van der Waals surface area contributed by atoms with Gasteiger partial charge in [0, 0.05) is 6.04 Å². The number of fused-ring (bicyclic) bond motifs is 1. The minimum Gasteiger partial charge on any atom is -0.326 e. The van der Waals surface area contributed by atoms with Crippen molar-refractivity contribution in [3.05, 3.63) is 29.0 Å². The van der Waals surface area contributed by atoms with Crippen LogP contribution in [0.1, 0.15) is 25.7 Å². The first-order valence-electron chi connectivity index (χ1n) is 4.74. The fraction of sp³-hybridized carbons (Fsp3) is 0.364. The van der Waals surface area contributed by atoms with Gasteiger partial charge in [-0.2, -0.15) is 0 Å². The van der Waals surface area contributed by atoms with E-state index in [2.05, 4.69) is 29.5 Å². The first-order valence-corrected chi connectivity index (χ1v) is 5.12. The van der Waals surface area contributed by atoms with Crippen LogP contribution < -0.4 is 0 Å². The van der Waals surface area contributed by atoms with Crippen LogP contribution in [-0.2, 0) is 0 Å². The quantitative estimate of drug-likeness (QED) is 0.701. The van der Waals surface area contributed by atoms with Crippen LogP contribution in [0.15, 0.2) is 18.2 Å². The molecule has 0 aliphatic carbocycles. The van der Waals surface area contributed by atoms with Gasteiger partial charge in [-0.1, -0.05) is 17.7 Å². The fourth-order valence-electron chi connectivity index (χ4n) is 1.85. The fourth-order valence-corrected chi connectivity index (χ4v) is 2.06. The van der Waals surface area contributed by atoms with Crippen LogP contribution in [0, 0.1) is 6.92 Å². The van der Waals surface area contributed by atoms with Gasteiger partial charge in [0.25, 0.3) is 0 Å². The summed E-state index contributed by atoms with van der Waals surface area (Å²) >= 11 is 6.07. The van der Waals surface area contributed by atoms with Crippen molar-refractivity contribution in [1.29, 1.82) is 0 Å². The molecule has 0 saturated carbocycles. The maximum atomic E-state index is 6.07. The summed E-state index contributed by atoms with van der Waals surface area (Å²) in [6.45, 7) is 6.31. The molecule has 0 amide bonds. The van der Waals surface area contributed by atoms with Crippen LogP contribution in [0.4, 0.5) is 0 Å². The molecule has 1 heterocycles. The topological polar surface area (TPSA) is 17.8 Å². The lowest BCUT2D eigenvalue weighted by atomic mass is 10.3. The standard InChI is InChI=1S/C11H13ClN2/c1-7(2)14-8(3)13-11-9(12)5-4-6-10(11)14/h4-7H,1-3H3. The lowest BCUT2D eigenvalue weighted by molar-refractivity contribution is 0.600. The Hall–Kier alpha value is -1.02. The minimum atomic E-state index is 0.415. The smallest absolute Gasteiger partial charge is 0.107 e. The van der Waals surface area contributed by atoms with Crippen molar-refractivity contribution in [3.8, 4) is 0 Å². The van der Waals surface area contributed by atoms with Crippen LogP contribution >= 0.6 is 11.6 Å². The number of halogens is 1. The third-order valence-corrected chi connectivity index (χ3v) is 2.67. The zero-order valence-corrected chi connectivity index (χ0v) is 9.34. The third-order valence-electron chi connectivity index (χ3n) is 2.36. The highest BCUT2D eigenvalue weighted by molar-refractivity contribution is 6.34. The van der Waals surface area contributed by atoms with E-state index in [-0.39, 0.29) is 0 Å². The van der Waals surface area contributed by atoms with Crippen molar-refractivity contribution < 1.29 is 0 Å². The highest BCUT2D eigenvalue weighted by Crippen LogP contribution is 2.26. The summed E-state index contributed by atoms with van der Waals surface area (Å²) in [5.74, 6) is 1.02. The van der Waals surface area contributed by atoms with E-state index in [0.717, 1.165) is 21.9 Å². The first kappa shape index (κ1) is 9.53. The van der Waals surface area contributed by atoms with Gasteiger partial charge in [-0.25, -0.2) is 4.98 Å². The molecule has 74 valence electrons. The number of hydrogen-bond donors (Lipinski definition) is 0. The highest BCUT2D eigenvalue weighted by Gasteiger charge is 2.11. The van der Waals surface area contributed by atoms with E-state index in [9.17, 15) is 0 Å². The number of imidazole rings is 1. The number of nitrogens with zero attached hydrogens (tertiary/aromatic N) is 2. The second-order valence-corrected chi connectivity index (χ2v) is 4.14. The van der Waals surface area contributed by atoms with E-state index in [1.165, 1.54) is 0 Å². The zero-order chi connectivity index (χ0) is 10.3. The molecule has 1 aromatic heterocycles. The second kappa shape index (κ2) is 3.28. The van der Waals surface area contributed by atoms with Crippen LogP contribution in [-0.4, -0.2) is 9.55 Å². The minimum absolute atomic E-state index is 0.415. The van der Waals surface area contributed by atoms with Gasteiger partial charge in [-0.05, 0) is 32.9 Å². The summed E-state index contributed by atoms with van der Waals surface area (Å²) in [4.78, 5) is 4.46. The van der Waals surface area contributed by atoms with Gasteiger partial charge in [0.15, 0.2) is 0 Å². The Morgan fingerprint density at radius 3 is 2.71 bits per heavy atom. The number of aromatic nitrogens is 2. The molecule has 0 aliphatic rings. The van der Waals surface area contributed by atoms with Crippen LogP contribution in [0.2, 0.25) is 5.02 Å².